The van der Waals surface area contributed by atoms with E-state index >= 15 is 0 Å². The highest BCUT2D eigenvalue weighted by atomic mass is 16.3. The summed E-state index contributed by atoms with van der Waals surface area (Å²) in [7, 11) is 0. The van der Waals surface area contributed by atoms with Crippen molar-refractivity contribution in [2.24, 2.45) is 16.6 Å². The van der Waals surface area contributed by atoms with Crippen LogP contribution in [-0.4, -0.2) is 53.0 Å². The number of rotatable bonds is 6. The Morgan fingerprint density at radius 3 is 2.59 bits per heavy atom. The summed E-state index contributed by atoms with van der Waals surface area (Å²) in [5, 5.41) is 9.85. The summed E-state index contributed by atoms with van der Waals surface area (Å²) in [4.78, 5) is 22.0. The molecule has 6 heteroatoms. The lowest BCUT2D eigenvalue weighted by atomic mass is 9.89. The van der Waals surface area contributed by atoms with E-state index < -0.39 is 5.54 Å². The van der Waals surface area contributed by atoms with Gasteiger partial charge in [0.25, 0.3) is 5.91 Å². The van der Waals surface area contributed by atoms with Gasteiger partial charge in [0.15, 0.2) is 11.5 Å². The molecule has 2 heterocycles. The smallest absolute Gasteiger partial charge is 0.262 e. The number of nitrogens with two attached hydrogens (primary N) is 1. The summed E-state index contributed by atoms with van der Waals surface area (Å²) >= 11 is 0. The molecular formula is C31H32N4O2. The van der Waals surface area contributed by atoms with Gasteiger partial charge in [-0.05, 0) is 66.8 Å². The van der Waals surface area contributed by atoms with E-state index in [4.69, 9.17) is 5.73 Å². The minimum absolute atomic E-state index is 0.178. The minimum atomic E-state index is -1.11. The van der Waals surface area contributed by atoms with Crippen LogP contribution < -0.4 is 5.73 Å². The molecule has 1 fully saturated rings. The monoisotopic (exact) mass is 492 g/mol. The normalized spacial score (nSPS) is 21.5. The number of benzene rings is 3. The first-order valence-corrected chi connectivity index (χ1v) is 12.7. The van der Waals surface area contributed by atoms with Gasteiger partial charge in [0, 0.05) is 19.0 Å². The van der Waals surface area contributed by atoms with Gasteiger partial charge in [0.05, 0.1) is 6.54 Å². The van der Waals surface area contributed by atoms with Crippen molar-refractivity contribution >= 4 is 11.9 Å². The van der Waals surface area contributed by atoms with Gasteiger partial charge in [0.1, 0.15) is 5.75 Å². The number of carbonyl (C=O) groups excluding carboxylic acids is 1. The van der Waals surface area contributed by atoms with Crippen molar-refractivity contribution in [2.75, 3.05) is 26.2 Å². The van der Waals surface area contributed by atoms with Gasteiger partial charge in [-0.1, -0.05) is 72.5 Å². The number of nitrogens with zero attached hydrogens (tertiary/aromatic N) is 3. The van der Waals surface area contributed by atoms with Gasteiger partial charge in [-0.25, -0.2) is 4.99 Å². The molecule has 0 radical (unpaired) electrons. The maximum atomic E-state index is 13.5. The molecule has 0 saturated carbocycles. The molecule has 1 amide bonds. The standard InChI is InChI=1S/C31H32N4O2/c1-31(27-13-5-11-25(20-27)26-12-6-14-28(36)21-26)29(37)35(30(32)33-31)17-7-10-24-16-19-34(22-24)18-15-23-8-3-2-4-9-23/h2-6,8-9,11-14,20-21,24,36H,15-19,22H2,1H3,(H2,32,33)/t24-,31?/m0/s1. The third-order valence-electron chi connectivity index (χ3n) is 7.26. The van der Waals surface area contributed by atoms with E-state index in [1.807, 2.05) is 36.4 Å². The van der Waals surface area contributed by atoms with Crippen LogP contribution >= 0.6 is 0 Å². The molecule has 1 unspecified atom stereocenters. The summed E-state index contributed by atoms with van der Waals surface area (Å²) in [6, 6.07) is 25.3. The van der Waals surface area contributed by atoms with Crippen molar-refractivity contribution in [2.45, 2.75) is 25.3 Å². The number of aromatic hydroxyl groups is 1. The molecule has 0 bridgehead atoms. The fourth-order valence-electron chi connectivity index (χ4n) is 5.09. The Morgan fingerprint density at radius 1 is 1.05 bits per heavy atom. The number of amides is 1. The molecule has 3 N–H and O–H groups in total. The number of hydrogen-bond donors (Lipinski definition) is 2. The molecule has 2 aliphatic heterocycles. The van der Waals surface area contributed by atoms with E-state index in [0.717, 1.165) is 49.2 Å². The summed E-state index contributed by atoms with van der Waals surface area (Å²) in [5.74, 6) is 7.07. The lowest BCUT2D eigenvalue weighted by molar-refractivity contribution is -0.130. The number of aliphatic imine (C=N–C) groups is 1. The van der Waals surface area contributed by atoms with Crippen LogP contribution in [0.3, 0.4) is 0 Å². The van der Waals surface area contributed by atoms with Gasteiger partial charge in [0.2, 0.25) is 0 Å². The van der Waals surface area contributed by atoms with Crippen LogP contribution in [0.5, 0.6) is 5.75 Å². The fraction of sp³-hybridized carbons (Fsp3) is 0.290. The van der Waals surface area contributed by atoms with E-state index in [0.29, 0.717) is 5.92 Å². The Hall–Kier alpha value is -4.08. The Balaban J connectivity index is 1.21. The topological polar surface area (TPSA) is 82.2 Å². The third-order valence-corrected chi connectivity index (χ3v) is 7.26. The number of carbonyl (C=O) groups is 1. The third kappa shape index (κ3) is 5.37. The van der Waals surface area contributed by atoms with E-state index in [9.17, 15) is 9.90 Å². The van der Waals surface area contributed by atoms with Crippen LogP contribution in [0.4, 0.5) is 0 Å². The molecule has 0 aromatic heterocycles. The highest BCUT2D eigenvalue weighted by molar-refractivity contribution is 6.07. The first-order valence-electron chi connectivity index (χ1n) is 12.7. The minimum Gasteiger partial charge on any atom is -0.508 e. The van der Waals surface area contributed by atoms with Gasteiger partial charge >= 0.3 is 0 Å². The molecule has 6 nitrogen and oxygen atoms in total. The molecule has 5 rings (SSSR count). The predicted molar refractivity (Wildman–Crippen MR) is 147 cm³/mol. The van der Waals surface area contributed by atoms with Crippen molar-refractivity contribution in [3.05, 3.63) is 90.0 Å². The van der Waals surface area contributed by atoms with Crippen LogP contribution in [0.2, 0.25) is 0 Å². The molecule has 0 spiro atoms. The summed E-state index contributed by atoms with van der Waals surface area (Å²) in [5.41, 5.74) is 8.97. The van der Waals surface area contributed by atoms with Gasteiger partial charge in [-0.2, -0.15) is 0 Å². The van der Waals surface area contributed by atoms with Crippen LogP contribution in [0.25, 0.3) is 11.1 Å². The van der Waals surface area contributed by atoms with Crippen LogP contribution in [0.15, 0.2) is 83.9 Å². The number of phenolic OH excluding ortho intramolecular Hbond substituents is 1. The lowest BCUT2D eigenvalue weighted by Gasteiger charge is -2.22. The molecule has 1 saturated heterocycles. The first kappa shape index (κ1) is 24.6. The summed E-state index contributed by atoms with van der Waals surface area (Å²) in [6.45, 7) is 5.06. The molecule has 2 aliphatic rings. The molecule has 0 aliphatic carbocycles. The van der Waals surface area contributed by atoms with Gasteiger partial charge in [-0.15, -0.1) is 0 Å². The van der Waals surface area contributed by atoms with Gasteiger partial charge < -0.3 is 15.7 Å². The Bertz CT molecular complexity index is 1370. The maximum Gasteiger partial charge on any atom is 0.262 e. The zero-order valence-electron chi connectivity index (χ0n) is 21.1. The SMILES string of the molecule is CC1(c2cccc(-c3cccc(O)c3)c2)N=C(N)N(CC#C[C@H]2CCN(CCc3ccccc3)C2)C1=O. The van der Waals surface area contributed by atoms with Crippen molar-refractivity contribution in [3.8, 4) is 28.7 Å². The molecule has 3 aromatic carbocycles. The van der Waals surface area contributed by atoms with Crippen molar-refractivity contribution in [3.63, 3.8) is 0 Å². The predicted octanol–water partition coefficient (Wildman–Crippen LogP) is 4.00. The van der Waals surface area contributed by atoms with Crippen molar-refractivity contribution in [1.82, 2.24) is 9.80 Å². The Kier molecular flexibility index (Phi) is 6.98. The molecule has 188 valence electrons. The Morgan fingerprint density at radius 2 is 1.81 bits per heavy atom. The van der Waals surface area contributed by atoms with Crippen molar-refractivity contribution < 1.29 is 9.90 Å². The van der Waals surface area contributed by atoms with Crippen molar-refractivity contribution in [1.29, 1.82) is 0 Å². The van der Waals surface area contributed by atoms with Gasteiger partial charge in [-0.3, -0.25) is 9.69 Å². The number of guanidine groups is 1. The molecule has 37 heavy (non-hydrogen) atoms. The summed E-state index contributed by atoms with van der Waals surface area (Å²) < 4.78 is 0. The largest absolute Gasteiger partial charge is 0.508 e. The van der Waals surface area contributed by atoms with E-state index in [-0.39, 0.29) is 24.2 Å². The average molecular weight is 493 g/mol. The van der Waals surface area contributed by atoms with E-state index in [1.165, 1.54) is 10.5 Å². The van der Waals surface area contributed by atoms with Crippen LogP contribution in [-0.2, 0) is 16.8 Å². The fourth-order valence-corrected chi connectivity index (χ4v) is 5.09. The van der Waals surface area contributed by atoms with E-state index in [1.54, 1.807) is 25.1 Å². The second-order valence-electron chi connectivity index (χ2n) is 9.91. The molecule has 3 aromatic rings. The van der Waals surface area contributed by atoms with E-state index in [2.05, 4.69) is 46.0 Å². The highest BCUT2D eigenvalue weighted by Crippen LogP contribution is 2.35. The summed E-state index contributed by atoms with van der Waals surface area (Å²) in [6.07, 6.45) is 2.08. The average Bonchev–Trinajstić information content (AvgIpc) is 3.46. The molecule has 2 atom stereocenters. The highest BCUT2D eigenvalue weighted by Gasteiger charge is 2.45. The number of phenols is 1. The number of hydrogen-bond acceptors (Lipinski definition) is 5. The van der Waals surface area contributed by atoms with Crippen LogP contribution in [0, 0.1) is 17.8 Å². The zero-order valence-corrected chi connectivity index (χ0v) is 21.1. The molecular weight excluding hydrogens is 460 g/mol. The first-order chi connectivity index (χ1) is 17.9. The lowest BCUT2D eigenvalue weighted by Crippen LogP contribution is -2.42. The second kappa shape index (κ2) is 10.5. The number of likely N-dealkylation sites (tertiary alicyclic amines) is 1. The zero-order chi connectivity index (χ0) is 25.8. The Labute approximate surface area is 218 Å². The maximum absolute atomic E-state index is 13.5. The van der Waals surface area contributed by atoms with Crippen LogP contribution in [0.1, 0.15) is 24.5 Å². The second-order valence-corrected chi connectivity index (χ2v) is 9.91. The quantitative estimate of drug-likeness (QED) is 0.510.